The second kappa shape index (κ2) is 9.63. The van der Waals surface area contributed by atoms with Gasteiger partial charge in [0.1, 0.15) is 18.5 Å². The molecule has 0 unspecified atom stereocenters. The summed E-state index contributed by atoms with van der Waals surface area (Å²) in [6, 6.07) is 21.0. The Balaban J connectivity index is 1.38. The minimum absolute atomic E-state index is 0.148. The summed E-state index contributed by atoms with van der Waals surface area (Å²) in [6.45, 7) is 6.49. The molecule has 37 heavy (non-hydrogen) atoms. The van der Waals surface area contributed by atoms with Crippen LogP contribution in [0.15, 0.2) is 77.7 Å². The molecule has 8 nitrogen and oxygen atoms in total. The second-order valence-electron chi connectivity index (χ2n) is 10.1. The minimum atomic E-state index is -3.94. The van der Waals surface area contributed by atoms with Crippen molar-refractivity contribution in [2.24, 2.45) is 0 Å². The van der Waals surface area contributed by atoms with E-state index in [0.717, 1.165) is 5.56 Å². The van der Waals surface area contributed by atoms with Crippen LogP contribution in [0.1, 0.15) is 26.3 Å². The summed E-state index contributed by atoms with van der Waals surface area (Å²) < 4.78 is 46.3. The fraction of sp³-hybridized carbons (Fsp3) is 0.321. The summed E-state index contributed by atoms with van der Waals surface area (Å²) in [4.78, 5) is 13.3. The van der Waals surface area contributed by atoms with Crippen LogP contribution in [0.3, 0.4) is 0 Å². The van der Waals surface area contributed by atoms with Gasteiger partial charge in [-0.05, 0) is 47.4 Å². The van der Waals surface area contributed by atoms with Crippen LogP contribution in [-0.2, 0) is 20.2 Å². The van der Waals surface area contributed by atoms with E-state index in [1.807, 2.05) is 36.4 Å². The van der Waals surface area contributed by atoms with Gasteiger partial charge < -0.3 is 19.5 Å². The van der Waals surface area contributed by atoms with Gasteiger partial charge in [0.05, 0.1) is 23.7 Å². The highest BCUT2D eigenvalue weighted by atomic mass is 32.2. The topological polar surface area (TPSA) is 94.2 Å². The fourth-order valence-electron chi connectivity index (χ4n) is 4.29. The summed E-state index contributed by atoms with van der Waals surface area (Å²) in [6.07, 6.45) is -1.42. The number of para-hydroxylation sites is 2. The number of sulfonamides is 1. The van der Waals surface area contributed by atoms with Crippen molar-refractivity contribution < 1.29 is 27.4 Å². The van der Waals surface area contributed by atoms with Gasteiger partial charge in [-0.15, -0.1) is 0 Å². The molecule has 0 aliphatic carbocycles. The van der Waals surface area contributed by atoms with Crippen LogP contribution in [0.25, 0.3) is 0 Å². The smallest absolute Gasteiger partial charge is 0.264 e. The van der Waals surface area contributed by atoms with Crippen molar-refractivity contribution in [1.29, 1.82) is 0 Å². The average Bonchev–Trinajstić information content (AvgIpc) is 2.90. The number of ether oxygens (including phenoxy) is 3. The van der Waals surface area contributed by atoms with Crippen molar-refractivity contribution >= 4 is 21.6 Å². The lowest BCUT2D eigenvalue weighted by molar-refractivity contribution is -0.128. The molecule has 194 valence electrons. The molecule has 2 heterocycles. The van der Waals surface area contributed by atoms with Crippen LogP contribution in [0.2, 0.25) is 0 Å². The van der Waals surface area contributed by atoms with Crippen LogP contribution in [0, 0.1) is 0 Å². The number of carbonyl (C=O) groups is 1. The summed E-state index contributed by atoms with van der Waals surface area (Å²) in [5.41, 5.74) is 1.17. The largest absolute Gasteiger partial charge is 0.486 e. The van der Waals surface area contributed by atoms with Gasteiger partial charge in [0.2, 0.25) is 0 Å². The highest BCUT2D eigenvalue weighted by Gasteiger charge is 2.38. The van der Waals surface area contributed by atoms with Crippen LogP contribution in [0.4, 0.5) is 5.69 Å². The van der Waals surface area contributed by atoms with Gasteiger partial charge in [0.25, 0.3) is 15.9 Å². The average molecular weight is 523 g/mol. The fourth-order valence-corrected chi connectivity index (χ4v) is 5.78. The van der Waals surface area contributed by atoms with Gasteiger partial charge in [-0.25, -0.2) is 8.42 Å². The predicted molar refractivity (Wildman–Crippen MR) is 140 cm³/mol. The van der Waals surface area contributed by atoms with Gasteiger partial charge in [-0.3, -0.25) is 9.10 Å². The maximum atomic E-state index is 13.7. The molecule has 0 saturated carbocycles. The van der Waals surface area contributed by atoms with Gasteiger partial charge in [0.15, 0.2) is 17.6 Å². The monoisotopic (exact) mass is 522 g/mol. The number of rotatable bonds is 5. The molecule has 1 amide bonds. The maximum absolute atomic E-state index is 13.7. The third-order valence-corrected chi connectivity index (χ3v) is 8.18. The summed E-state index contributed by atoms with van der Waals surface area (Å²) in [5, 5.41) is 2.84. The molecule has 2 atom stereocenters. The van der Waals surface area contributed by atoms with Crippen molar-refractivity contribution in [2.75, 3.05) is 24.0 Å². The van der Waals surface area contributed by atoms with E-state index in [0.29, 0.717) is 22.9 Å². The number of hydrogen-bond donors (Lipinski definition) is 1. The molecule has 0 aromatic heterocycles. The number of fused-ring (bicyclic) bond motifs is 2. The standard InChI is InChI=1S/C28H30N2O6S/c1-28(2,3)19-13-14-23-22(15-19)30(37(32,33)21-9-5-4-6-10-21)17-26(36-23)27(31)29-16-20-18-34-24-11-7-8-12-25(24)35-20/h4-15,20,26H,16-18H2,1-3H3,(H,29,31)/t20-,26-/m1/s1. The number of carbonyl (C=O) groups excluding carboxylic acids is 1. The third kappa shape index (κ3) is 5.09. The van der Waals surface area contributed by atoms with E-state index in [9.17, 15) is 13.2 Å². The van der Waals surface area contributed by atoms with Crippen LogP contribution >= 0.6 is 0 Å². The molecule has 9 heteroatoms. The first kappa shape index (κ1) is 25.0. The van der Waals surface area contributed by atoms with Gasteiger partial charge >= 0.3 is 0 Å². The van der Waals surface area contributed by atoms with Gasteiger partial charge in [-0.2, -0.15) is 0 Å². The first-order valence-corrected chi connectivity index (χ1v) is 13.6. The van der Waals surface area contributed by atoms with Crippen LogP contribution in [0.5, 0.6) is 17.2 Å². The molecule has 0 radical (unpaired) electrons. The van der Waals surface area contributed by atoms with E-state index in [1.54, 1.807) is 36.4 Å². The summed E-state index contributed by atoms with van der Waals surface area (Å²) in [7, 11) is -3.94. The van der Waals surface area contributed by atoms with Gasteiger partial charge in [-0.1, -0.05) is 57.2 Å². The zero-order valence-corrected chi connectivity index (χ0v) is 21.8. The van der Waals surface area contributed by atoms with E-state index in [1.165, 1.54) is 4.31 Å². The van der Waals surface area contributed by atoms with E-state index < -0.39 is 22.0 Å². The first-order chi connectivity index (χ1) is 17.6. The minimum Gasteiger partial charge on any atom is -0.486 e. The Morgan fingerprint density at radius 1 is 0.946 bits per heavy atom. The molecular weight excluding hydrogens is 492 g/mol. The zero-order chi connectivity index (χ0) is 26.2. The first-order valence-electron chi connectivity index (χ1n) is 12.2. The highest BCUT2D eigenvalue weighted by Crippen LogP contribution is 2.40. The quantitative estimate of drug-likeness (QED) is 0.546. The number of hydrogen-bond acceptors (Lipinski definition) is 6. The Bertz CT molecular complexity index is 1400. The molecule has 5 rings (SSSR count). The lowest BCUT2D eigenvalue weighted by Gasteiger charge is -2.36. The molecular formula is C28H30N2O6S. The molecule has 2 aliphatic rings. The van der Waals surface area contributed by atoms with Crippen molar-refractivity contribution in [3.8, 4) is 17.2 Å². The third-order valence-electron chi connectivity index (χ3n) is 6.39. The lowest BCUT2D eigenvalue weighted by Crippen LogP contribution is -2.52. The SMILES string of the molecule is CC(C)(C)c1ccc2c(c1)N(S(=O)(=O)c1ccccc1)C[C@H](C(=O)NC[C@@H]1COc3ccccc3O1)O2. The van der Waals surface area contributed by atoms with Crippen molar-refractivity contribution in [2.45, 2.75) is 43.3 Å². The highest BCUT2D eigenvalue weighted by molar-refractivity contribution is 7.92. The Kier molecular flexibility index (Phi) is 6.49. The van der Waals surface area contributed by atoms with Crippen molar-refractivity contribution in [1.82, 2.24) is 5.32 Å². The second-order valence-corrected chi connectivity index (χ2v) is 12.0. The predicted octanol–water partition coefficient (Wildman–Crippen LogP) is 3.90. The number of nitrogens with zero attached hydrogens (tertiary/aromatic N) is 1. The normalized spacial score (nSPS) is 18.9. The van der Waals surface area contributed by atoms with Crippen molar-refractivity contribution in [3.05, 3.63) is 78.4 Å². The van der Waals surface area contributed by atoms with E-state index in [-0.39, 0.29) is 36.1 Å². The molecule has 2 aliphatic heterocycles. The van der Waals surface area contributed by atoms with Crippen molar-refractivity contribution in [3.63, 3.8) is 0 Å². The molecule has 0 spiro atoms. The maximum Gasteiger partial charge on any atom is 0.264 e. The van der Waals surface area contributed by atoms with E-state index >= 15 is 0 Å². The molecule has 3 aromatic rings. The number of nitrogens with one attached hydrogen (secondary N) is 1. The van der Waals surface area contributed by atoms with Gasteiger partial charge in [0, 0.05) is 0 Å². The zero-order valence-electron chi connectivity index (χ0n) is 21.0. The van der Waals surface area contributed by atoms with Crippen LogP contribution < -0.4 is 23.8 Å². The summed E-state index contributed by atoms with van der Waals surface area (Å²) >= 11 is 0. The van der Waals surface area contributed by atoms with E-state index in [4.69, 9.17) is 14.2 Å². The Morgan fingerprint density at radius 2 is 1.65 bits per heavy atom. The molecule has 0 saturated heterocycles. The molecule has 3 aromatic carbocycles. The Labute approximate surface area is 217 Å². The Morgan fingerprint density at radius 3 is 2.38 bits per heavy atom. The molecule has 1 N–H and O–H groups in total. The lowest BCUT2D eigenvalue weighted by atomic mass is 9.86. The molecule has 0 bridgehead atoms. The van der Waals surface area contributed by atoms with E-state index in [2.05, 4.69) is 26.1 Å². The van der Waals surface area contributed by atoms with Crippen LogP contribution in [-0.4, -0.2) is 46.2 Å². The molecule has 0 fully saturated rings. The number of amides is 1. The number of benzene rings is 3. The number of anilines is 1. The Hall–Kier alpha value is -3.72. The summed E-state index contributed by atoms with van der Waals surface area (Å²) in [5.74, 6) is 1.19.